The van der Waals surface area contributed by atoms with E-state index in [1.807, 2.05) is 0 Å². The van der Waals surface area contributed by atoms with Gasteiger partial charge in [-0.15, -0.1) is 11.6 Å². The molecule has 1 saturated heterocycles. The summed E-state index contributed by atoms with van der Waals surface area (Å²) in [6, 6.07) is 2.23. The van der Waals surface area contributed by atoms with Crippen molar-refractivity contribution in [2.75, 3.05) is 13.2 Å². The predicted octanol–water partition coefficient (Wildman–Crippen LogP) is 3.38. The van der Waals surface area contributed by atoms with Gasteiger partial charge < -0.3 is 4.74 Å². The molecule has 0 aromatic heterocycles. The molecule has 0 aliphatic carbocycles. The summed E-state index contributed by atoms with van der Waals surface area (Å²) in [5.74, 6) is 0. The molecule has 1 aliphatic rings. The zero-order chi connectivity index (χ0) is 11.2. The first-order valence-electron chi connectivity index (χ1n) is 5.30. The SMILES string of the molecule is Cc1cc(C)c(C)c(C2(Cl)COC2)c1C. The summed E-state index contributed by atoms with van der Waals surface area (Å²) < 4.78 is 5.25. The Bertz CT molecular complexity index is 379. The molecule has 2 heteroatoms. The van der Waals surface area contributed by atoms with Crippen molar-refractivity contribution in [1.29, 1.82) is 0 Å². The topological polar surface area (TPSA) is 9.23 Å². The molecule has 0 saturated carbocycles. The molecular weight excluding hydrogens is 208 g/mol. The number of hydrogen-bond donors (Lipinski definition) is 0. The Labute approximate surface area is 96.4 Å². The Hall–Kier alpha value is -0.530. The van der Waals surface area contributed by atoms with Crippen LogP contribution in [0.5, 0.6) is 0 Å². The second-order valence-electron chi connectivity index (χ2n) is 4.59. The van der Waals surface area contributed by atoms with Crippen molar-refractivity contribution in [2.45, 2.75) is 32.6 Å². The Morgan fingerprint density at radius 3 is 1.87 bits per heavy atom. The smallest absolute Gasteiger partial charge is 0.116 e. The van der Waals surface area contributed by atoms with Gasteiger partial charge >= 0.3 is 0 Å². The van der Waals surface area contributed by atoms with E-state index in [1.165, 1.54) is 27.8 Å². The fraction of sp³-hybridized carbons (Fsp3) is 0.538. The average molecular weight is 225 g/mol. The summed E-state index contributed by atoms with van der Waals surface area (Å²) in [6.45, 7) is 9.87. The number of hydrogen-bond acceptors (Lipinski definition) is 1. The molecule has 82 valence electrons. The van der Waals surface area contributed by atoms with Crippen molar-refractivity contribution in [3.63, 3.8) is 0 Å². The van der Waals surface area contributed by atoms with Gasteiger partial charge in [-0.25, -0.2) is 0 Å². The van der Waals surface area contributed by atoms with Gasteiger partial charge in [-0.3, -0.25) is 0 Å². The Morgan fingerprint density at radius 2 is 1.53 bits per heavy atom. The zero-order valence-corrected chi connectivity index (χ0v) is 10.5. The fourth-order valence-electron chi connectivity index (χ4n) is 2.31. The highest BCUT2D eigenvalue weighted by Crippen LogP contribution is 2.41. The van der Waals surface area contributed by atoms with Crippen LogP contribution in [0.3, 0.4) is 0 Å². The maximum Gasteiger partial charge on any atom is 0.116 e. The molecule has 0 radical (unpaired) electrons. The van der Waals surface area contributed by atoms with Gasteiger partial charge in [0.2, 0.25) is 0 Å². The first-order chi connectivity index (χ1) is 6.96. The molecule has 0 spiro atoms. The molecule has 0 bridgehead atoms. The third-order valence-electron chi connectivity index (χ3n) is 3.48. The van der Waals surface area contributed by atoms with Crippen LogP contribution in [0.1, 0.15) is 27.8 Å². The number of benzene rings is 1. The van der Waals surface area contributed by atoms with Crippen LogP contribution in [0.25, 0.3) is 0 Å². The molecule has 1 aromatic carbocycles. The van der Waals surface area contributed by atoms with Crippen LogP contribution >= 0.6 is 11.6 Å². The lowest BCUT2D eigenvalue weighted by Crippen LogP contribution is -2.42. The fourth-order valence-corrected chi connectivity index (χ4v) is 2.75. The van der Waals surface area contributed by atoms with Crippen LogP contribution in [0.2, 0.25) is 0 Å². The molecule has 1 fully saturated rings. The summed E-state index contributed by atoms with van der Waals surface area (Å²) in [6.07, 6.45) is 0. The maximum atomic E-state index is 6.56. The molecule has 2 rings (SSSR count). The molecule has 1 nitrogen and oxygen atoms in total. The van der Waals surface area contributed by atoms with E-state index in [1.54, 1.807) is 0 Å². The van der Waals surface area contributed by atoms with Crippen molar-refractivity contribution in [1.82, 2.24) is 0 Å². The van der Waals surface area contributed by atoms with Gasteiger partial charge in [-0.1, -0.05) is 6.07 Å². The Balaban J connectivity index is 2.63. The van der Waals surface area contributed by atoms with Crippen LogP contribution in [0, 0.1) is 27.7 Å². The minimum Gasteiger partial charge on any atom is -0.377 e. The van der Waals surface area contributed by atoms with Gasteiger partial charge in [0.05, 0.1) is 13.2 Å². The largest absolute Gasteiger partial charge is 0.377 e. The van der Waals surface area contributed by atoms with Crippen molar-refractivity contribution in [3.8, 4) is 0 Å². The van der Waals surface area contributed by atoms with E-state index in [0.717, 1.165) is 0 Å². The average Bonchev–Trinajstić information content (AvgIpc) is 2.12. The van der Waals surface area contributed by atoms with Crippen molar-refractivity contribution in [3.05, 3.63) is 33.9 Å². The van der Waals surface area contributed by atoms with Crippen LogP contribution in [0.15, 0.2) is 6.07 Å². The second-order valence-corrected chi connectivity index (χ2v) is 5.32. The molecule has 15 heavy (non-hydrogen) atoms. The lowest BCUT2D eigenvalue weighted by Gasteiger charge is -2.39. The number of halogens is 1. The van der Waals surface area contributed by atoms with Gasteiger partial charge in [-0.2, -0.15) is 0 Å². The minimum atomic E-state index is -0.273. The molecule has 0 atom stereocenters. The highest BCUT2D eigenvalue weighted by Gasteiger charge is 2.40. The molecule has 1 heterocycles. The number of rotatable bonds is 1. The van der Waals surface area contributed by atoms with Crippen molar-refractivity contribution >= 4 is 11.6 Å². The van der Waals surface area contributed by atoms with E-state index in [-0.39, 0.29) is 4.87 Å². The lowest BCUT2D eigenvalue weighted by atomic mass is 9.84. The first kappa shape index (κ1) is 11.0. The Kier molecular flexibility index (Phi) is 2.56. The Morgan fingerprint density at radius 1 is 1.07 bits per heavy atom. The minimum absolute atomic E-state index is 0.273. The molecule has 0 amide bonds. The zero-order valence-electron chi connectivity index (χ0n) is 9.78. The monoisotopic (exact) mass is 224 g/mol. The molecule has 1 aliphatic heterocycles. The van der Waals surface area contributed by atoms with Gasteiger partial charge in [-0.05, 0) is 55.5 Å². The summed E-state index contributed by atoms with van der Waals surface area (Å²) in [7, 11) is 0. The van der Waals surface area contributed by atoms with Gasteiger partial charge in [0, 0.05) is 0 Å². The number of alkyl halides is 1. The van der Waals surface area contributed by atoms with Crippen LogP contribution in [-0.4, -0.2) is 13.2 Å². The summed E-state index contributed by atoms with van der Waals surface area (Å²) in [5, 5.41) is 0. The third-order valence-corrected chi connectivity index (χ3v) is 3.88. The van der Waals surface area contributed by atoms with Gasteiger partial charge in [0.15, 0.2) is 0 Å². The highest BCUT2D eigenvalue weighted by atomic mass is 35.5. The quantitative estimate of drug-likeness (QED) is 0.665. The molecular formula is C13H17ClO. The maximum absolute atomic E-state index is 6.56. The van der Waals surface area contributed by atoms with Crippen molar-refractivity contribution < 1.29 is 4.74 Å². The predicted molar refractivity (Wildman–Crippen MR) is 63.7 cm³/mol. The number of ether oxygens (including phenoxy) is 1. The first-order valence-corrected chi connectivity index (χ1v) is 5.68. The highest BCUT2D eigenvalue weighted by molar-refractivity contribution is 6.25. The van der Waals surface area contributed by atoms with E-state index in [9.17, 15) is 0 Å². The van der Waals surface area contributed by atoms with Gasteiger partial charge in [0.1, 0.15) is 4.87 Å². The van der Waals surface area contributed by atoms with Crippen LogP contribution < -0.4 is 0 Å². The van der Waals surface area contributed by atoms with E-state index in [4.69, 9.17) is 16.3 Å². The lowest BCUT2D eigenvalue weighted by molar-refractivity contribution is -0.0158. The van der Waals surface area contributed by atoms with E-state index < -0.39 is 0 Å². The van der Waals surface area contributed by atoms with E-state index in [2.05, 4.69) is 33.8 Å². The molecule has 0 unspecified atom stereocenters. The molecule has 0 N–H and O–H groups in total. The van der Waals surface area contributed by atoms with Gasteiger partial charge in [0.25, 0.3) is 0 Å². The standard InChI is InChI=1S/C13H17ClO/c1-8-5-9(2)11(4)12(10(8)3)13(14)6-15-7-13/h5H,6-7H2,1-4H3. The summed E-state index contributed by atoms with van der Waals surface area (Å²) >= 11 is 6.56. The van der Waals surface area contributed by atoms with Crippen LogP contribution in [0.4, 0.5) is 0 Å². The summed E-state index contributed by atoms with van der Waals surface area (Å²) in [5.41, 5.74) is 6.56. The third kappa shape index (κ3) is 1.58. The second kappa shape index (κ2) is 3.50. The van der Waals surface area contributed by atoms with Crippen molar-refractivity contribution in [2.24, 2.45) is 0 Å². The van der Waals surface area contributed by atoms with E-state index in [0.29, 0.717) is 13.2 Å². The normalized spacial score (nSPS) is 18.7. The molecule has 1 aromatic rings. The number of aryl methyl sites for hydroxylation is 2. The summed E-state index contributed by atoms with van der Waals surface area (Å²) in [4.78, 5) is -0.273. The van der Waals surface area contributed by atoms with Crippen LogP contribution in [-0.2, 0) is 9.61 Å². The van der Waals surface area contributed by atoms with E-state index >= 15 is 0 Å².